The summed E-state index contributed by atoms with van der Waals surface area (Å²) in [4.78, 5) is 5.47. The topological polar surface area (TPSA) is 18.5 Å². The Morgan fingerprint density at radius 2 is 2.06 bits per heavy atom. The summed E-state index contributed by atoms with van der Waals surface area (Å²) in [6.07, 6.45) is 8.44. The Hall–Kier alpha value is -0.120. The minimum absolute atomic E-state index is 0.767. The van der Waals surface area contributed by atoms with Crippen LogP contribution >= 0.6 is 0 Å². The maximum atomic E-state index is 3.68. The Kier molecular flexibility index (Phi) is 4.22. The number of piperidine rings is 1. The van der Waals surface area contributed by atoms with E-state index in [0.717, 1.165) is 18.1 Å². The van der Waals surface area contributed by atoms with E-state index in [4.69, 9.17) is 0 Å². The van der Waals surface area contributed by atoms with E-state index < -0.39 is 0 Å². The van der Waals surface area contributed by atoms with Crippen LogP contribution in [0.4, 0.5) is 0 Å². The van der Waals surface area contributed by atoms with Gasteiger partial charge in [-0.1, -0.05) is 6.42 Å². The van der Waals surface area contributed by atoms with Crippen LogP contribution in [0.3, 0.4) is 0 Å². The van der Waals surface area contributed by atoms with Gasteiger partial charge in [0.2, 0.25) is 0 Å². The lowest BCUT2D eigenvalue weighted by molar-refractivity contribution is 0.0560. The third-order valence-corrected chi connectivity index (χ3v) is 5.24. The van der Waals surface area contributed by atoms with Crippen LogP contribution in [-0.2, 0) is 0 Å². The number of rotatable bonds is 3. The second kappa shape index (κ2) is 5.89. The largest absolute Gasteiger partial charge is 0.314 e. The lowest BCUT2D eigenvalue weighted by Gasteiger charge is -2.43. The molecule has 3 heteroatoms. The standard InChI is InChI=1S/C15H29N3/c1-13-11-18-9-4-6-15(18)12-17(13)10-7-14-5-2-3-8-16-14/h13-16H,2-12H2,1H3. The van der Waals surface area contributed by atoms with Crippen molar-refractivity contribution in [2.45, 2.75) is 63.6 Å². The van der Waals surface area contributed by atoms with Gasteiger partial charge in [-0.15, -0.1) is 0 Å². The van der Waals surface area contributed by atoms with Crippen LogP contribution in [0.25, 0.3) is 0 Å². The summed E-state index contributed by atoms with van der Waals surface area (Å²) in [5, 5.41) is 3.68. The molecule has 0 aliphatic carbocycles. The molecular weight excluding hydrogens is 222 g/mol. The molecular formula is C15H29N3. The lowest BCUT2D eigenvalue weighted by Crippen LogP contribution is -2.55. The fourth-order valence-electron chi connectivity index (χ4n) is 4.05. The van der Waals surface area contributed by atoms with Crippen molar-refractivity contribution >= 4 is 0 Å². The van der Waals surface area contributed by atoms with Gasteiger partial charge in [0.15, 0.2) is 0 Å². The van der Waals surface area contributed by atoms with Crippen molar-refractivity contribution in [2.75, 3.05) is 32.7 Å². The molecule has 3 aliphatic heterocycles. The molecule has 0 aromatic carbocycles. The van der Waals surface area contributed by atoms with E-state index in [0.29, 0.717) is 0 Å². The van der Waals surface area contributed by atoms with Crippen LogP contribution in [0.15, 0.2) is 0 Å². The second-order valence-corrected chi connectivity index (χ2v) is 6.57. The van der Waals surface area contributed by atoms with Crippen LogP contribution in [0.5, 0.6) is 0 Å². The molecule has 3 heterocycles. The first-order valence-corrected chi connectivity index (χ1v) is 8.04. The van der Waals surface area contributed by atoms with Crippen molar-refractivity contribution in [2.24, 2.45) is 0 Å². The summed E-state index contributed by atoms with van der Waals surface area (Å²) < 4.78 is 0. The molecule has 18 heavy (non-hydrogen) atoms. The molecule has 3 unspecified atom stereocenters. The van der Waals surface area contributed by atoms with Crippen LogP contribution in [0.2, 0.25) is 0 Å². The van der Waals surface area contributed by atoms with Crippen molar-refractivity contribution in [3.63, 3.8) is 0 Å². The summed E-state index contributed by atoms with van der Waals surface area (Å²) in [6, 6.07) is 2.44. The van der Waals surface area contributed by atoms with Crippen LogP contribution in [0, 0.1) is 0 Å². The normalized spacial score (nSPS) is 38.8. The molecule has 0 amide bonds. The molecule has 0 spiro atoms. The number of hydrogen-bond donors (Lipinski definition) is 1. The molecule has 104 valence electrons. The van der Waals surface area contributed by atoms with Crippen molar-refractivity contribution < 1.29 is 0 Å². The number of nitrogens with zero attached hydrogens (tertiary/aromatic N) is 2. The quantitative estimate of drug-likeness (QED) is 0.823. The summed E-state index contributed by atoms with van der Waals surface area (Å²) in [5.74, 6) is 0. The van der Waals surface area contributed by atoms with Gasteiger partial charge >= 0.3 is 0 Å². The highest BCUT2D eigenvalue weighted by atomic mass is 15.3. The molecule has 3 atom stereocenters. The minimum Gasteiger partial charge on any atom is -0.314 e. The molecule has 3 fully saturated rings. The predicted molar refractivity (Wildman–Crippen MR) is 75.9 cm³/mol. The lowest BCUT2D eigenvalue weighted by atomic mass is 10.0. The zero-order valence-corrected chi connectivity index (χ0v) is 11.9. The second-order valence-electron chi connectivity index (χ2n) is 6.57. The van der Waals surface area contributed by atoms with E-state index >= 15 is 0 Å². The van der Waals surface area contributed by atoms with Crippen LogP contribution in [-0.4, -0.2) is 60.6 Å². The first-order valence-electron chi connectivity index (χ1n) is 8.04. The Bertz CT molecular complexity index is 262. The van der Waals surface area contributed by atoms with Gasteiger partial charge in [0.25, 0.3) is 0 Å². The Morgan fingerprint density at radius 3 is 2.89 bits per heavy atom. The third kappa shape index (κ3) is 2.89. The van der Waals surface area contributed by atoms with E-state index in [1.807, 2.05) is 0 Å². The monoisotopic (exact) mass is 251 g/mol. The van der Waals surface area contributed by atoms with Gasteiger partial charge in [-0.25, -0.2) is 0 Å². The summed E-state index contributed by atoms with van der Waals surface area (Å²) in [5.41, 5.74) is 0. The maximum Gasteiger partial charge on any atom is 0.0224 e. The van der Waals surface area contributed by atoms with Crippen molar-refractivity contribution in [3.05, 3.63) is 0 Å². The average Bonchev–Trinajstić information content (AvgIpc) is 2.84. The Labute approximate surface area is 112 Å². The molecule has 3 nitrogen and oxygen atoms in total. The van der Waals surface area contributed by atoms with Gasteiger partial charge in [0.1, 0.15) is 0 Å². The third-order valence-electron chi connectivity index (χ3n) is 5.24. The summed E-state index contributed by atoms with van der Waals surface area (Å²) >= 11 is 0. The van der Waals surface area contributed by atoms with Gasteiger partial charge < -0.3 is 5.32 Å². The molecule has 1 N–H and O–H groups in total. The first kappa shape index (κ1) is 12.9. The fourth-order valence-corrected chi connectivity index (χ4v) is 4.05. The minimum atomic E-state index is 0.767. The maximum absolute atomic E-state index is 3.68. The molecule has 0 aromatic rings. The Balaban J connectivity index is 1.46. The van der Waals surface area contributed by atoms with Crippen molar-refractivity contribution in [1.29, 1.82) is 0 Å². The van der Waals surface area contributed by atoms with Crippen molar-refractivity contribution in [3.8, 4) is 0 Å². The highest BCUT2D eigenvalue weighted by Crippen LogP contribution is 2.25. The molecule has 0 radical (unpaired) electrons. The van der Waals surface area contributed by atoms with E-state index in [-0.39, 0.29) is 0 Å². The highest BCUT2D eigenvalue weighted by Gasteiger charge is 2.34. The highest BCUT2D eigenvalue weighted by molar-refractivity contribution is 4.91. The zero-order valence-electron chi connectivity index (χ0n) is 11.9. The van der Waals surface area contributed by atoms with E-state index in [1.165, 1.54) is 71.2 Å². The van der Waals surface area contributed by atoms with Gasteiger partial charge in [0.05, 0.1) is 0 Å². The molecule has 0 saturated carbocycles. The number of fused-ring (bicyclic) bond motifs is 1. The Morgan fingerprint density at radius 1 is 1.11 bits per heavy atom. The summed E-state index contributed by atoms with van der Waals surface area (Å²) in [7, 11) is 0. The van der Waals surface area contributed by atoms with Gasteiger partial charge in [-0.3, -0.25) is 9.80 Å². The van der Waals surface area contributed by atoms with E-state index in [2.05, 4.69) is 22.0 Å². The SMILES string of the molecule is CC1CN2CCCC2CN1CCC1CCCCN1. The average molecular weight is 251 g/mol. The van der Waals surface area contributed by atoms with E-state index in [9.17, 15) is 0 Å². The number of hydrogen-bond acceptors (Lipinski definition) is 3. The van der Waals surface area contributed by atoms with Crippen LogP contribution < -0.4 is 5.32 Å². The molecule has 3 aliphatic rings. The molecule has 0 aromatic heterocycles. The fraction of sp³-hybridized carbons (Fsp3) is 1.00. The van der Waals surface area contributed by atoms with Crippen LogP contribution in [0.1, 0.15) is 45.4 Å². The van der Waals surface area contributed by atoms with Gasteiger partial charge in [-0.05, 0) is 52.1 Å². The zero-order chi connectivity index (χ0) is 12.4. The molecule has 0 bridgehead atoms. The van der Waals surface area contributed by atoms with Gasteiger partial charge in [0, 0.05) is 37.8 Å². The summed E-state index contributed by atoms with van der Waals surface area (Å²) in [6.45, 7) is 8.96. The van der Waals surface area contributed by atoms with Crippen molar-refractivity contribution in [1.82, 2.24) is 15.1 Å². The number of piperazine rings is 1. The van der Waals surface area contributed by atoms with E-state index in [1.54, 1.807) is 0 Å². The number of nitrogens with one attached hydrogen (secondary N) is 1. The smallest absolute Gasteiger partial charge is 0.0224 e. The predicted octanol–water partition coefficient (Wildman–Crippen LogP) is 1.69. The molecule has 3 saturated heterocycles. The molecule has 3 rings (SSSR count). The first-order chi connectivity index (χ1) is 8.83. The van der Waals surface area contributed by atoms with Gasteiger partial charge in [-0.2, -0.15) is 0 Å².